The number of methoxy groups -OCH3 is 1. The largest absolute Gasteiger partial charge is 0.507 e. The first-order valence-corrected chi connectivity index (χ1v) is 11.2. The van der Waals surface area contributed by atoms with E-state index in [1.807, 2.05) is 84.9 Å². The molecule has 0 atom stereocenters. The van der Waals surface area contributed by atoms with Crippen molar-refractivity contribution in [1.29, 1.82) is 0 Å². The Bertz CT molecular complexity index is 1510. The second-order valence-corrected chi connectivity index (χ2v) is 7.74. The van der Waals surface area contributed by atoms with Crippen LogP contribution < -0.4 is 20.8 Å². The van der Waals surface area contributed by atoms with Gasteiger partial charge in [0, 0.05) is 16.9 Å². The highest BCUT2D eigenvalue weighted by molar-refractivity contribution is 6.02. The normalized spacial score (nSPS) is 10.9. The Labute approximate surface area is 207 Å². The number of aromatic hydroxyl groups is 1. The third-order valence-electron chi connectivity index (χ3n) is 5.32. The molecule has 9 nitrogen and oxygen atoms in total. The van der Waals surface area contributed by atoms with E-state index in [0.29, 0.717) is 17.5 Å². The van der Waals surface area contributed by atoms with Crippen LogP contribution in [-0.4, -0.2) is 33.4 Å². The topological polar surface area (TPSA) is 117 Å². The van der Waals surface area contributed by atoms with Gasteiger partial charge in [-0.2, -0.15) is 20.1 Å². The van der Waals surface area contributed by atoms with Crippen LogP contribution in [0, 0.1) is 0 Å². The summed E-state index contributed by atoms with van der Waals surface area (Å²) >= 11 is 0. The molecule has 0 unspecified atom stereocenters. The molecule has 0 saturated carbocycles. The van der Waals surface area contributed by atoms with Gasteiger partial charge >= 0.3 is 0 Å². The van der Waals surface area contributed by atoms with E-state index in [4.69, 9.17) is 4.74 Å². The van der Waals surface area contributed by atoms with Crippen LogP contribution in [0.2, 0.25) is 0 Å². The summed E-state index contributed by atoms with van der Waals surface area (Å²) in [6.07, 6.45) is 1.54. The van der Waals surface area contributed by atoms with E-state index in [9.17, 15) is 5.11 Å². The number of nitrogens with one attached hydrogen (secondary N) is 3. The summed E-state index contributed by atoms with van der Waals surface area (Å²) in [6.45, 7) is 0. The molecule has 4 N–H and O–H groups in total. The van der Waals surface area contributed by atoms with Gasteiger partial charge in [0.15, 0.2) is 0 Å². The number of nitrogens with zero attached hydrogens (tertiary/aromatic N) is 4. The molecule has 4 aromatic carbocycles. The molecule has 0 bridgehead atoms. The van der Waals surface area contributed by atoms with Crippen LogP contribution in [0.15, 0.2) is 96.1 Å². The summed E-state index contributed by atoms with van der Waals surface area (Å²) < 4.78 is 5.22. The average Bonchev–Trinajstić information content (AvgIpc) is 2.91. The van der Waals surface area contributed by atoms with Gasteiger partial charge in [0.2, 0.25) is 17.8 Å². The zero-order chi connectivity index (χ0) is 24.7. The van der Waals surface area contributed by atoms with Crippen LogP contribution in [-0.2, 0) is 0 Å². The Hall–Kier alpha value is -5.18. The maximum absolute atomic E-state index is 10.4. The Kier molecular flexibility index (Phi) is 6.53. The van der Waals surface area contributed by atoms with E-state index < -0.39 is 0 Å². The minimum Gasteiger partial charge on any atom is -0.507 e. The third-order valence-corrected chi connectivity index (χ3v) is 5.32. The fourth-order valence-electron chi connectivity index (χ4n) is 3.57. The van der Waals surface area contributed by atoms with E-state index in [-0.39, 0.29) is 11.7 Å². The average molecular weight is 478 g/mol. The van der Waals surface area contributed by atoms with Crippen molar-refractivity contribution in [3.8, 4) is 11.5 Å². The number of rotatable bonds is 8. The van der Waals surface area contributed by atoms with Crippen molar-refractivity contribution < 1.29 is 9.84 Å². The lowest BCUT2D eigenvalue weighted by Crippen LogP contribution is -2.07. The summed E-state index contributed by atoms with van der Waals surface area (Å²) in [5.41, 5.74) is 5.05. The van der Waals surface area contributed by atoms with Gasteiger partial charge in [-0.25, -0.2) is 5.43 Å². The Morgan fingerprint density at radius 1 is 0.722 bits per heavy atom. The molecule has 0 spiro atoms. The molecule has 36 heavy (non-hydrogen) atoms. The standard InChI is InChI=1S/C27H23N7O2/c1-36-21-14-12-20(13-15-21)30-26-31-25(29-19-8-3-2-4-9-19)32-27(33-26)34-28-17-23-22-10-6-5-7-18(22)11-16-24(23)35/h2-17,35H,1H3,(H3,29,30,31,32,33,34)/b28-17+. The smallest absolute Gasteiger partial charge is 0.250 e. The summed E-state index contributed by atoms with van der Waals surface area (Å²) in [6, 6.07) is 28.3. The highest BCUT2D eigenvalue weighted by atomic mass is 16.5. The molecule has 0 aliphatic carbocycles. The maximum atomic E-state index is 10.4. The minimum absolute atomic E-state index is 0.128. The predicted octanol–water partition coefficient (Wildman–Crippen LogP) is 5.67. The summed E-state index contributed by atoms with van der Waals surface area (Å²) in [7, 11) is 1.62. The second-order valence-electron chi connectivity index (χ2n) is 7.74. The molecular formula is C27H23N7O2. The zero-order valence-electron chi connectivity index (χ0n) is 19.4. The van der Waals surface area contributed by atoms with Crippen LogP contribution in [0.3, 0.4) is 0 Å². The van der Waals surface area contributed by atoms with Gasteiger partial charge in [-0.1, -0.05) is 48.5 Å². The van der Waals surface area contributed by atoms with Gasteiger partial charge in [0.25, 0.3) is 0 Å². The number of para-hydroxylation sites is 1. The highest BCUT2D eigenvalue weighted by Crippen LogP contribution is 2.26. The summed E-state index contributed by atoms with van der Waals surface area (Å²) in [4.78, 5) is 13.4. The van der Waals surface area contributed by atoms with Gasteiger partial charge in [-0.3, -0.25) is 0 Å². The second kappa shape index (κ2) is 10.4. The lowest BCUT2D eigenvalue weighted by Gasteiger charge is -2.10. The number of ether oxygens (including phenoxy) is 1. The molecule has 0 amide bonds. The van der Waals surface area contributed by atoms with Crippen molar-refractivity contribution in [2.75, 3.05) is 23.2 Å². The van der Waals surface area contributed by atoms with Crippen molar-refractivity contribution >= 4 is 46.2 Å². The third kappa shape index (κ3) is 5.31. The van der Waals surface area contributed by atoms with Gasteiger partial charge in [0.1, 0.15) is 11.5 Å². The summed E-state index contributed by atoms with van der Waals surface area (Å²) in [5, 5.41) is 22.9. The monoisotopic (exact) mass is 477 g/mol. The minimum atomic E-state index is 0.128. The number of fused-ring (bicyclic) bond motifs is 1. The molecule has 0 saturated heterocycles. The number of hydrogen-bond acceptors (Lipinski definition) is 9. The van der Waals surface area contributed by atoms with E-state index >= 15 is 0 Å². The first kappa shape index (κ1) is 22.6. The molecule has 9 heteroatoms. The predicted molar refractivity (Wildman–Crippen MR) is 143 cm³/mol. The lowest BCUT2D eigenvalue weighted by molar-refractivity contribution is 0.415. The molecule has 5 rings (SSSR count). The summed E-state index contributed by atoms with van der Waals surface area (Å²) in [5.74, 6) is 1.74. The number of anilines is 5. The number of phenols is 1. The Morgan fingerprint density at radius 2 is 1.36 bits per heavy atom. The van der Waals surface area contributed by atoms with Gasteiger partial charge in [0.05, 0.1) is 13.3 Å². The SMILES string of the molecule is COc1ccc(Nc2nc(N/N=C/c3c(O)ccc4ccccc34)nc(Nc3ccccc3)n2)cc1. The molecule has 178 valence electrons. The number of benzene rings is 4. The quantitative estimate of drug-likeness (QED) is 0.167. The van der Waals surface area contributed by atoms with Gasteiger partial charge in [-0.15, -0.1) is 0 Å². The number of hydrogen-bond donors (Lipinski definition) is 4. The zero-order valence-corrected chi connectivity index (χ0v) is 19.4. The molecule has 0 aliphatic rings. The van der Waals surface area contributed by atoms with Crippen molar-refractivity contribution in [3.63, 3.8) is 0 Å². The fourth-order valence-corrected chi connectivity index (χ4v) is 3.57. The number of phenolic OH excluding ortho intramolecular Hbond substituents is 1. The van der Waals surface area contributed by atoms with Crippen molar-refractivity contribution in [2.24, 2.45) is 5.10 Å². The molecule has 0 radical (unpaired) electrons. The maximum Gasteiger partial charge on any atom is 0.250 e. The van der Waals surface area contributed by atoms with Crippen LogP contribution in [0.1, 0.15) is 5.56 Å². The molecule has 0 aliphatic heterocycles. The molecular weight excluding hydrogens is 454 g/mol. The Morgan fingerprint density at radius 3 is 2.08 bits per heavy atom. The van der Waals surface area contributed by atoms with Crippen LogP contribution in [0.4, 0.5) is 29.2 Å². The first-order chi connectivity index (χ1) is 17.7. The highest BCUT2D eigenvalue weighted by Gasteiger charge is 2.09. The number of hydrazone groups is 1. The van der Waals surface area contributed by atoms with E-state index in [1.54, 1.807) is 19.4 Å². The fraction of sp³-hybridized carbons (Fsp3) is 0.0370. The van der Waals surface area contributed by atoms with E-state index in [2.05, 4.69) is 36.1 Å². The van der Waals surface area contributed by atoms with Crippen LogP contribution >= 0.6 is 0 Å². The molecule has 1 aromatic heterocycles. The molecule has 1 heterocycles. The lowest BCUT2D eigenvalue weighted by atomic mass is 10.0. The first-order valence-electron chi connectivity index (χ1n) is 11.2. The molecule has 0 fully saturated rings. The Balaban J connectivity index is 1.43. The van der Waals surface area contributed by atoms with Crippen molar-refractivity contribution in [2.45, 2.75) is 0 Å². The number of aromatic nitrogens is 3. The van der Waals surface area contributed by atoms with Gasteiger partial charge in [-0.05, 0) is 53.2 Å². The van der Waals surface area contributed by atoms with E-state index in [1.165, 1.54) is 0 Å². The van der Waals surface area contributed by atoms with Crippen molar-refractivity contribution in [3.05, 3.63) is 96.6 Å². The van der Waals surface area contributed by atoms with Crippen molar-refractivity contribution in [1.82, 2.24) is 15.0 Å². The van der Waals surface area contributed by atoms with Gasteiger partial charge < -0.3 is 20.5 Å². The van der Waals surface area contributed by atoms with Crippen LogP contribution in [0.25, 0.3) is 10.8 Å². The van der Waals surface area contributed by atoms with Crippen LogP contribution in [0.5, 0.6) is 11.5 Å². The molecule has 5 aromatic rings. The van der Waals surface area contributed by atoms with E-state index in [0.717, 1.165) is 27.9 Å².